The van der Waals surface area contributed by atoms with E-state index in [1.165, 1.54) is 30.5 Å². The number of hydrogen-bond acceptors (Lipinski definition) is 6. The van der Waals surface area contributed by atoms with Crippen LogP contribution in [-0.4, -0.2) is 57.8 Å². The third-order valence-electron chi connectivity index (χ3n) is 6.32. The molecule has 210 valence electrons. The molecular weight excluding hydrogens is 508 g/mol. The third kappa shape index (κ3) is 7.04. The molecule has 2 aromatic carbocycles. The lowest BCUT2D eigenvalue weighted by atomic mass is 9.81. The Bertz CT molecular complexity index is 1340. The molecule has 10 heteroatoms. The molecule has 0 radical (unpaired) electrons. The van der Waals surface area contributed by atoms with Crippen LogP contribution >= 0.6 is 0 Å². The van der Waals surface area contributed by atoms with Crippen molar-refractivity contribution in [2.24, 2.45) is 5.92 Å². The number of carbonyl (C=O) groups is 2. The van der Waals surface area contributed by atoms with Gasteiger partial charge in [-0.25, -0.2) is 18.4 Å². The highest BCUT2D eigenvalue weighted by Crippen LogP contribution is 2.35. The van der Waals surface area contributed by atoms with Gasteiger partial charge < -0.3 is 19.1 Å². The molecule has 0 aliphatic carbocycles. The number of amides is 1. The van der Waals surface area contributed by atoms with Crippen molar-refractivity contribution in [3.05, 3.63) is 59.8 Å². The van der Waals surface area contributed by atoms with Crippen molar-refractivity contribution in [2.45, 2.75) is 65.1 Å². The lowest BCUT2D eigenvalue weighted by Crippen LogP contribution is -2.46. The summed E-state index contributed by atoms with van der Waals surface area (Å²) >= 11 is 0. The minimum Gasteiger partial charge on any atom is -0.490 e. The molecule has 3 aromatic rings. The first-order chi connectivity index (χ1) is 18.2. The van der Waals surface area contributed by atoms with Crippen LogP contribution in [0.25, 0.3) is 10.9 Å². The Morgan fingerprint density at radius 1 is 0.974 bits per heavy atom. The van der Waals surface area contributed by atoms with Gasteiger partial charge in [-0.15, -0.1) is 0 Å². The minimum atomic E-state index is -0.731. The number of likely N-dealkylation sites (tertiary alicyclic amines) is 1. The van der Waals surface area contributed by atoms with E-state index in [0.29, 0.717) is 24.9 Å². The Kier molecular flexibility index (Phi) is 7.86. The molecule has 39 heavy (non-hydrogen) atoms. The van der Waals surface area contributed by atoms with Gasteiger partial charge in [-0.1, -0.05) is 12.1 Å². The summed E-state index contributed by atoms with van der Waals surface area (Å²) in [6.07, 6.45) is 0.921. The highest BCUT2D eigenvalue weighted by atomic mass is 19.1. The molecule has 0 saturated carbocycles. The number of halogens is 2. The quantitative estimate of drug-likeness (QED) is 0.373. The first-order valence-electron chi connectivity index (χ1n) is 13.0. The molecule has 1 amide bonds. The molecule has 4 rings (SSSR count). The lowest BCUT2D eigenvalue weighted by molar-refractivity contribution is 0.0110. The largest absolute Gasteiger partial charge is 0.490 e. The Hall–Kier alpha value is -3.69. The van der Waals surface area contributed by atoms with Gasteiger partial charge in [0.2, 0.25) is 0 Å². The van der Waals surface area contributed by atoms with E-state index in [1.54, 1.807) is 58.6 Å². The van der Waals surface area contributed by atoms with Crippen LogP contribution in [0.1, 0.15) is 59.4 Å². The lowest BCUT2D eigenvalue weighted by Gasteiger charge is -2.39. The predicted octanol–water partition coefficient (Wildman–Crippen LogP) is 6.52. The maximum absolute atomic E-state index is 15.1. The third-order valence-corrected chi connectivity index (χ3v) is 6.32. The molecule has 1 aliphatic rings. The van der Waals surface area contributed by atoms with Gasteiger partial charge in [0.15, 0.2) is 11.6 Å². The molecule has 1 aliphatic heterocycles. The van der Waals surface area contributed by atoms with Crippen molar-refractivity contribution in [2.75, 3.05) is 19.7 Å². The van der Waals surface area contributed by atoms with Crippen LogP contribution in [0.2, 0.25) is 0 Å². The molecular formula is C29H35F2N3O5. The standard InChI is InChI=1S/C29H35F2N3O5/c1-28(2,3)38-26(35)33-12-11-22(18-7-9-21(30)10-8-18)20(16-33)17-37-25-13-19-15-32-34(24(19)14-23(25)31)27(36)39-29(4,5)6/h7-10,13-15,20,22H,11-12,16-17H2,1-6H3/t20-,22-/m0/s1. The number of benzene rings is 2. The highest BCUT2D eigenvalue weighted by molar-refractivity contribution is 5.88. The van der Waals surface area contributed by atoms with Gasteiger partial charge in [-0.3, -0.25) is 0 Å². The van der Waals surface area contributed by atoms with Crippen LogP contribution in [0.15, 0.2) is 42.6 Å². The molecule has 0 spiro atoms. The number of carbonyl (C=O) groups excluding carboxylic acids is 2. The molecule has 1 aromatic heterocycles. The second-order valence-corrected chi connectivity index (χ2v) is 11.8. The summed E-state index contributed by atoms with van der Waals surface area (Å²) < 4.78 is 46.6. The Morgan fingerprint density at radius 2 is 1.62 bits per heavy atom. The molecule has 0 bridgehead atoms. The van der Waals surface area contributed by atoms with Crippen molar-refractivity contribution in [3.63, 3.8) is 0 Å². The van der Waals surface area contributed by atoms with Crippen LogP contribution in [0, 0.1) is 17.6 Å². The van der Waals surface area contributed by atoms with Crippen LogP contribution in [0.3, 0.4) is 0 Å². The van der Waals surface area contributed by atoms with E-state index in [1.807, 2.05) is 0 Å². The van der Waals surface area contributed by atoms with E-state index in [0.717, 1.165) is 10.2 Å². The summed E-state index contributed by atoms with van der Waals surface area (Å²) in [6.45, 7) is 11.5. The molecule has 8 nitrogen and oxygen atoms in total. The van der Waals surface area contributed by atoms with Gasteiger partial charge in [0, 0.05) is 30.5 Å². The fraction of sp³-hybridized carbons (Fsp3) is 0.483. The summed E-state index contributed by atoms with van der Waals surface area (Å²) in [5.41, 5.74) is -0.194. The Balaban J connectivity index is 1.55. The summed E-state index contributed by atoms with van der Waals surface area (Å²) in [5, 5.41) is 4.57. The van der Waals surface area contributed by atoms with E-state index in [-0.39, 0.29) is 35.5 Å². The summed E-state index contributed by atoms with van der Waals surface area (Å²) in [4.78, 5) is 26.9. The van der Waals surface area contributed by atoms with Crippen molar-refractivity contribution in [1.82, 2.24) is 14.7 Å². The first-order valence-corrected chi connectivity index (χ1v) is 13.0. The van der Waals surface area contributed by atoms with Gasteiger partial charge in [0.25, 0.3) is 0 Å². The molecule has 2 atom stereocenters. The fourth-order valence-electron chi connectivity index (χ4n) is 4.63. The number of rotatable bonds is 4. The van der Waals surface area contributed by atoms with E-state index in [9.17, 15) is 14.0 Å². The first kappa shape index (κ1) is 28.3. The fourth-order valence-corrected chi connectivity index (χ4v) is 4.63. The molecule has 1 saturated heterocycles. The molecule has 0 unspecified atom stereocenters. The number of piperidine rings is 1. The smallest absolute Gasteiger partial charge is 0.435 e. The van der Waals surface area contributed by atoms with Crippen molar-refractivity contribution >= 4 is 23.1 Å². The molecule has 1 fully saturated rings. The van der Waals surface area contributed by atoms with Crippen molar-refractivity contribution in [3.8, 4) is 5.75 Å². The number of aromatic nitrogens is 2. The number of hydrogen-bond donors (Lipinski definition) is 0. The maximum Gasteiger partial charge on any atom is 0.435 e. The Morgan fingerprint density at radius 3 is 2.26 bits per heavy atom. The normalized spacial score (nSPS) is 18.2. The second kappa shape index (κ2) is 10.8. The van der Waals surface area contributed by atoms with E-state index < -0.39 is 29.2 Å². The highest BCUT2D eigenvalue weighted by Gasteiger charge is 2.35. The van der Waals surface area contributed by atoms with Crippen molar-refractivity contribution in [1.29, 1.82) is 0 Å². The average molecular weight is 544 g/mol. The van der Waals surface area contributed by atoms with Crippen LogP contribution in [0.5, 0.6) is 5.75 Å². The summed E-state index contributed by atoms with van der Waals surface area (Å²) in [7, 11) is 0. The zero-order chi connectivity index (χ0) is 28.5. The summed E-state index contributed by atoms with van der Waals surface area (Å²) in [6, 6.07) is 8.95. The minimum absolute atomic E-state index is 0.00140. The van der Waals surface area contributed by atoms with Gasteiger partial charge >= 0.3 is 12.2 Å². The van der Waals surface area contributed by atoms with Gasteiger partial charge in [-0.05, 0) is 77.6 Å². The topological polar surface area (TPSA) is 82.9 Å². The zero-order valence-electron chi connectivity index (χ0n) is 23.2. The van der Waals surface area contributed by atoms with Crippen LogP contribution in [0.4, 0.5) is 18.4 Å². The summed E-state index contributed by atoms with van der Waals surface area (Å²) in [5.74, 6) is -1.24. The van der Waals surface area contributed by atoms with Gasteiger partial charge in [-0.2, -0.15) is 9.78 Å². The average Bonchev–Trinajstić information content (AvgIpc) is 3.23. The molecule has 2 heterocycles. The second-order valence-electron chi connectivity index (χ2n) is 11.8. The maximum atomic E-state index is 15.1. The SMILES string of the molecule is CC(C)(C)OC(=O)N1CC[C@@H](c2ccc(F)cc2)[C@H](COc2cc3cnn(C(=O)OC(C)(C)C)c3cc2F)C1. The van der Waals surface area contributed by atoms with E-state index in [4.69, 9.17) is 14.2 Å². The Labute approximate surface area is 226 Å². The van der Waals surface area contributed by atoms with Crippen LogP contribution < -0.4 is 4.74 Å². The van der Waals surface area contributed by atoms with E-state index in [2.05, 4.69) is 5.10 Å². The monoisotopic (exact) mass is 543 g/mol. The van der Waals surface area contributed by atoms with E-state index >= 15 is 4.39 Å². The number of nitrogens with zero attached hydrogens (tertiary/aromatic N) is 3. The van der Waals surface area contributed by atoms with Gasteiger partial charge in [0.05, 0.1) is 18.3 Å². The molecule has 0 N–H and O–H groups in total. The number of ether oxygens (including phenoxy) is 3. The number of fused-ring (bicyclic) bond motifs is 1. The van der Waals surface area contributed by atoms with Gasteiger partial charge in [0.1, 0.15) is 17.0 Å². The predicted molar refractivity (Wildman–Crippen MR) is 142 cm³/mol. The zero-order valence-corrected chi connectivity index (χ0v) is 23.2. The van der Waals surface area contributed by atoms with Crippen LogP contribution in [-0.2, 0) is 9.47 Å². The van der Waals surface area contributed by atoms with Crippen molar-refractivity contribution < 1.29 is 32.6 Å².